The molecule has 1 amide bonds. The third-order valence-corrected chi connectivity index (χ3v) is 2.13. The topological polar surface area (TPSA) is 32.3 Å². The standard InChI is InChI=1S/C8H16N2O/c1-3-9-7-5-6-10(4-2)8(7)11/h7,9H,3-6H2,1-2H3. The molecule has 0 radical (unpaired) electrons. The second-order valence-corrected chi connectivity index (χ2v) is 2.82. The SMILES string of the molecule is CCNC1CCN(CC)C1=O. The Hall–Kier alpha value is -0.570. The van der Waals surface area contributed by atoms with E-state index in [4.69, 9.17) is 0 Å². The van der Waals surface area contributed by atoms with Gasteiger partial charge in [-0.1, -0.05) is 6.92 Å². The van der Waals surface area contributed by atoms with Gasteiger partial charge in [-0.25, -0.2) is 0 Å². The lowest BCUT2D eigenvalue weighted by Crippen LogP contribution is -2.37. The van der Waals surface area contributed by atoms with Crippen LogP contribution in [0.15, 0.2) is 0 Å². The Kier molecular flexibility index (Phi) is 2.88. The minimum absolute atomic E-state index is 0.0972. The average molecular weight is 156 g/mol. The molecule has 0 aromatic carbocycles. The predicted molar refractivity (Wildman–Crippen MR) is 44.3 cm³/mol. The predicted octanol–water partition coefficient (Wildman–Crippen LogP) is 0.217. The molecule has 64 valence electrons. The lowest BCUT2D eigenvalue weighted by Gasteiger charge is -2.13. The number of nitrogens with one attached hydrogen (secondary N) is 1. The van der Waals surface area contributed by atoms with Crippen molar-refractivity contribution >= 4 is 5.91 Å². The van der Waals surface area contributed by atoms with Crippen LogP contribution in [0.2, 0.25) is 0 Å². The van der Waals surface area contributed by atoms with Crippen LogP contribution in [0.1, 0.15) is 20.3 Å². The quantitative estimate of drug-likeness (QED) is 0.634. The molecule has 0 bridgehead atoms. The van der Waals surface area contributed by atoms with Crippen molar-refractivity contribution in [3.05, 3.63) is 0 Å². The van der Waals surface area contributed by atoms with E-state index in [1.807, 2.05) is 18.7 Å². The van der Waals surface area contributed by atoms with Crippen molar-refractivity contribution in [3.63, 3.8) is 0 Å². The van der Waals surface area contributed by atoms with Gasteiger partial charge in [-0.3, -0.25) is 4.79 Å². The normalized spacial score (nSPS) is 24.7. The molecule has 0 aromatic heterocycles. The minimum Gasteiger partial charge on any atom is -0.342 e. The first-order valence-corrected chi connectivity index (χ1v) is 4.31. The molecule has 3 nitrogen and oxygen atoms in total. The van der Waals surface area contributed by atoms with Crippen LogP contribution < -0.4 is 5.32 Å². The maximum Gasteiger partial charge on any atom is 0.239 e. The number of nitrogens with zero attached hydrogens (tertiary/aromatic N) is 1. The zero-order chi connectivity index (χ0) is 8.27. The molecule has 1 fully saturated rings. The monoisotopic (exact) mass is 156 g/mol. The molecule has 1 aliphatic heterocycles. The van der Waals surface area contributed by atoms with Crippen molar-refractivity contribution in [2.45, 2.75) is 26.3 Å². The van der Waals surface area contributed by atoms with Gasteiger partial charge >= 0.3 is 0 Å². The van der Waals surface area contributed by atoms with E-state index in [0.29, 0.717) is 0 Å². The fraction of sp³-hybridized carbons (Fsp3) is 0.875. The van der Waals surface area contributed by atoms with Crippen molar-refractivity contribution in [2.75, 3.05) is 19.6 Å². The molecule has 1 unspecified atom stereocenters. The van der Waals surface area contributed by atoms with Crippen molar-refractivity contribution in [1.29, 1.82) is 0 Å². The number of carbonyl (C=O) groups excluding carboxylic acids is 1. The number of rotatable bonds is 3. The van der Waals surface area contributed by atoms with E-state index >= 15 is 0 Å². The zero-order valence-corrected chi connectivity index (χ0v) is 7.26. The number of likely N-dealkylation sites (tertiary alicyclic amines) is 1. The van der Waals surface area contributed by atoms with Gasteiger partial charge in [0.05, 0.1) is 6.04 Å². The van der Waals surface area contributed by atoms with Gasteiger partial charge in [-0.15, -0.1) is 0 Å². The Balaban J connectivity index is 2.42. The highest BCUT2D eigenvalue weighted by molar-refractivity contribution is 5.83. The molecule has 1 rings (SSSR count). The Bertz CT molecular complexity index is 147. The Morgan fingerprint density at radius 3 is 2.82 bits per heavy atom. The molecule has 3 heteroatoms. The molecular formula is C8H16N2O. The summed E-state index contributed by atoms with van der Waals surface area (Å²) in [5.74, 6) is 0.273. The maximum absolute atomic E-state index is 11.4. The van der Waals surface area contributed by atoms with Crippen molar-refractivity contribution < 1.29 is 4.79 Å². The summed E-state index contributed by atoms with van der Waals surface area (Å²) in [6.45, 7) is 6.70. The Morgan fingerprint density at radius 1 is 1.64 bits per heavy atom. The summed E-state index contributed by atoms with van der Waals surface area (Å²) in [4.78, 5) is 13.3. The number of carbonyl (C=O) groups is 1. The molecule has 0 spiro atoms. The lowest BCUT2D eigenvalue weighted by atomic mass is 10.2. The summed E-state index contributed by atoms with van der Waals surface area (Å²) < 4.78 is 0. The van der Waals surface area contributed by atoms with Crippen LogP contribution in [0.3, 0.4) is 0 Å². The van der Waals surface area contributed by atoms with Crippen molar-refractivity contribution in [2.24, 2.45) is 0 Å². The zero-order valence-electron chi connectivity index (χ0n) is 7.26. The summed E-state index contributed by atoms with van der Waals surface area (Å²) >= 11 is 0. The van der Waals surface area contributed by atoms with E-state index in [-0.39, 0.29) is 11.9 Å². The second kappa shape index (κ2) is 3.72. The Labute approximate surface area is 67.8 Å². The van der Waals surface area contributed by atoms with Gasteiger partial charge in [0.2, 0.25) is 5.91 Å². The van der Waals surface area contributed by atoms with Crippen LogP contribution in [0.5, 0.6) is 0 Å². The van der Waals surface area contributed by atoms with E-state index in [9.17, 15) is 4.79 Å². The van der Waals surface area contributed by atoms with Crippen LogP contribution in [0, 0.1) is 0 Å². The van der Waals surface area contributed by atoms with Crippen LogP contribution in [0.25, 0.3) is 0 Å². The van der Waals surface area contributed by atoms with Gasteiger partial charge in [0.25, 0.3) is 0 Å². The fourth-order valence-electron chi connectivity index (χ4n) is 1.49. The molecule has 1 N–H and O–H groups in total. The van der Waals surface area contributed by atoms with Gasteiger partial charge in [-0.2, -0.15) is 0 Å². The van der Waals surface area contributed by atoms with Gasteiger partial charge in [0.1, 0.15) is 0 Å². The summed E-state index contributed by atoms with van der Waals surface area (Å²) in [7, 11) is 0. The molecule has 0 aliphatic carbocycles. The number of hydrogen-bond acceptors (Lipinski definition) is 2. The summed E-state index contributed by atoms with van der Waals surface area (Å²) in [6, 6.07) is 0.0972. The number of amides is 1. The van der Waals surface area contributed by atoms with Gasteiger partial charge in [-0.05, 0) is 19.9 Å². The van der Waals surface area contributed by atoms with Crippen LogP contribution >= 0.6 is 0 Å². The van der Waals surface area contributed by atoms with Crippen molar-refractivity contribution in [1.82, 2.24) is 10.2 Å². The number of hydrogen-bond donors (Lipinski definition) is 1. The van der Waals surface area contributed by atoms with Gasteiger partial charge in [0, 0.05) is 13.1 Å². The fourth-order valence-corrected chi connectivity index (χ4v) is 1.49. The van der Waals surface area contributed by atoms with E-state index in [1.54, 1.807) is 0 Å². The summed E-state index contributed by atoms with van der Waals surface area (Å²) in [6.07, 6.45) is 0.973. The van der Waals surface area contributed by atoms with Gasteiger partial charge in [0.15, 0.2) is 0 Å². The van der Waals surface area contributed by atoms with Crippen molar-refractivity contribution in [3.8, 4) is 0 Å². The first-order valence-electron chi connectivity index (χ1n) is 4.31. The first-order chi connectivity index (χ1) is 5.29. The highest BCUT2D eigenvalue weighted by Gasteiger charge is 2.29. The minimum atomic E-state index is 0.0972. The van der Waals surface area contributed by atoms with Crippen LogP contribution in [0.4, 0.5) is 0 Å². The molecule has 1 atom stereocenters. The molecule has 1 heterocycles. The molecule has 0 aromatic rings. The smallest absolute Gasteiger partial charge is 0.239 e. The van der Waals surface area contributed by atoms with E-state index < -0.39 is 0 Å². The highest BCUT2D eigenvalue weighted by atomic mass is 16.2. The second-order valence-electron chi connectivity index (χ2n) is 2.82. The van der Waals surface area contributed by atoms with E-state index in [1.165, 1.54) is 0 Å². The molecular weight excluding hydrogens is 140 g/mol. The lowest BCUT2D eigenvalue weighted by molar-refractivity contribution is -0.129. The third kappa shape index (κ3) is 1.71. The van der Waals surface area contributed by atoms with E-state index in [2.05, 4.69) is 5.32 Å². The Morgan fingerprint density at radius 2 is 2.36 bits per heavy atom. The average Bonchev–Trinajstić information content (AvgIpc) is 2.34. The first kappa shape index (κ1) is 8.53. The summed E-state index contributed by atoms with van der Waals surface area (Å²) in [5, 5.41) is 3.17. The molecule has 11 heavy (non-hydrogen) atoms. The molecule has 1 aliphatic rings. The molecule has 1 saturated heterocycles. The van der Waals surface area contributed by atoms with Crippen LogP contribution in [-0.4, -0.2) is 36.5 Å². The third-order valence-electron chi connectivity index (χ3n) is 2.13. The highest BCUT2D eigenvalue weighted by Crippen LogP contribution is 2.09. The largest absolute Gasteiger partial charge is 0.342 e. The van der Waals surface area contributed by atoms with Gasteiger partial charge < -0.3 is 10.2 Å². The maximum atomic E-state index is 11.4. The summed E-state index contributed by atoms with van der Waals surface area (Å²) in [5.41, 5.74) is 0. The number of likely N-dealkylation sites (N-methyl/N-ethyl adjacent to an activating group) is 2. The molecule has 0 saturated carbocycles. The van der Waals surface area contributed by atoms with E-state index in [0.717, 1.165) is 26.1 Å². The van der Waals surface area contributed by atoms with Crippen LogP contribution in [-0.2, 0) is 4.79 Å².